The zero-order valence-electron chi connectivity index (χ0n) is 2.30. The fourth-order valence-electron chi connectivity index (χ4n) is 0. The summed E-state index contributed by atoms with van der Waals surface area (Å²) in [5.74, 6) is 0. The normalized spacial score (nSPS) is 0. The van der Waals surface area contributed by atoms with Crippen molar-refractivity contribution in [3.8, 4) is 0 Å². The Hall–Kier alpha value is 2.28. The first-order valence-electron chi connectivity index (χ1n) is 0. The molecule has 0 saturated carbocycles. The molecule has 0 aromatic carbocycles. The molecule has 0 aromatic rings. The van der Waals surface area contributed by atoms with Gasteiger partial charge in [0.05, 0.1) is 0 Å². The van der Waals surface area contributed by atoms with Crippen LogP contribution in [0.3, 0.4) is 0 Å². The molecule has 0 atom stereocenters. The molecule has 6 heavy (non-hydrogen) atoms. The van der Waals surface area contributed by atoms with Crippen LogP contribution in [0.5, 0.6) is 0 Å². The molecule has 0 aliphatic heterocycles. The minimum atomic E-state index is 0. The monoisotopic (exact) mass is 304 g/mol. The van der Waals surface area contributed by atoms with Crippen LogP contribution in [0.1, 0.15) is 0 Å². The quantitative estimate of drug-likeness (QED) is 0.598. The minimum absolute atomic E-state index is 0. The molecule has 0 unspecified atom stereocenters. The van der Waals surface area contributed by atoms with E-state index in [4.69, 9.17) is 0 Å². The van der Waals surface area contributed by atoms with E-state index >= 15 is 0 Å². The molecule has 0 bridgehead atoms. The molecule has 0 aromatic heterocycles. The summed E-state index contributed by atoms with van der Waals surface area (Å²) in [5, 5.41) is 0. The van der Waals surface area contributed by atoms with Gasteiger partial charge in [-0.15, -0.1) is 49.6 Å². The molecule has 0 fully saturated rings. The largest absolute Gasteiger partial charge is 0.147 e. The van der Waals surface area contributed by atoms with Gasteiger partial charge in [0.2, 0.25) is 0 Å². The molecule has 0 rings (SSSR count). The van der Waals surface area contributed by atoms with Gasteiger partial charge in [-0.1, -0.05) is 0 Å². The average Bonchev–Trinajstić information content (AvgIpc) is 0. The molecule has 0 amide bonds. The number of rotatable bonds is 0. The third kappa shape index (κ3) is 33.7. The van der Waals surface area contributed by atoms with Gasteiger partial charge in [-0.2, -0.15) is 0 Å². The van der Waals surface area contributed by atoms with Gasteiger partial charge in [-0.05, 0) is 0 Å². The molecule has 0 N–H and O–H groups in total. The van der Waals surface area contributed by atoms with Crippen LogP contribution >= 0.6 is 49.6 Å². The summed E-state index contributed by atoms with van der Waals surface area (Å²) in [6.07, 6.45) is 0. The number of hydrogen-bond donors (Lipinski definition) is 0. The van der Waals surface area contributed by atoms with E-state index in [1.807, 2.05) is 0 Å². The zero-order valence-corrected chi connectivity index (χ0v) is 8.29. The van der Waals surface area contributed by atoms with Crippen molar-refractivity contribution < 1.29 is 36.0 Å². The zero-order chi connectivity index (χ0) is 0. The molecule has 0 heterocycles. The van der Waals surface area contributed by atoms with Crippen LogP contribution in [0.25, 0.3) is 0 Å². The first-order valence-corrected chi connectivity index (χ1v) is 0. The Morgan fingerprint density at radius 3 is 0.500 bits per heavy atom. The molecular weight excluding hydrogens is 302 g/mol. The van der Waals surface area contributed by atoms with E-state index in [1.165, 1.54) is 0 Å². The van der Waals surface area contributed by atoms with Crippen LogP contribution < -0.4 is 0 Å². The maximum atomic E-state index is 0. The number of hydrogen-bond acceptors (Lipinski definition) is 0. The van der Waals surface area contributed by atoms with Gasteiger partial charge in [0.25, 0.3) is 0 Å². The molecule has 6 heteroatoms. The van der Waals surface area contributed by atoms with Crippen LogP contribution in [0.2, 0.25) is 0 Å². The van der Waals surface area contributed by atoms with Gasteiger partial charge in [0.1, 0.15) is 0 Å². The third-order valence-corrected chi connectivity index (χ3v) is 0. The SMILES string of the molecule is Cl.Cl.Cl.Cl.[Ni].[Ru]. The summed E-state index contributed by atoms with van der Waals surface area (Å²) in [5.41, 5.74) is 0. The summed E-state index contributed by atoms with van der Waals surface area (Å²) in [4.78, 5) is 0. The third-order valence-electron chi connectivity index (χ3n) is 0. The van der Waals surface area contributed by atoms with Crippen LogP contribution in [-0.2, 0) is 36.0 Å². The van der Waals surface area contributed by atoms with Crippen molar-refractivity contribution >= 4 is 49.6 Å². The summed E-state index contributed by atoms with van der Waals surface area (Å²) in [6, 6.07) is 0. The Bertz CT molecular complexity index is 7.51. The van der Waals surface area contributed by atoms with Crippen molar-refractivity contribution in [2.75, 3.05) is 0 Å². The van der Waals surface area contributed by atoms with Crippen molar-refractivity contribution in [2.24, 2.45) is 0 Å². The summed E-state index contributed by atoms with van der Waals surface area (Å²) in [6.45, 7) is 0. The molecule has 0 saturated heterocycles. The predicted molar refractivity (Wildman–Crippen MR) is 29.0 cm³/mol. The van der Waals surface area contributed by atoms with Gasteiger partial charge < -0.3 is 0 Å². The van der Waals surface area contributed by atoms with Crippen LogP contribution in [-0.4, -0.2) is 0 Å². The standard InChI is InChI=1S/4ClH.Ni.Ru/h4*1H;;. The number of halogens is 4. The molecular formula is H4Cl4NiRu. The van der Waals surface area contributed by atoms with E-state index in [2.05, 4.69) is 0 Å². The van der Waals surface area contributed by atoms with Crippen molar-refractivity contribution in [1.29, 1.82) is 0 Å². The van der Waals surface area contributed by atoms with Crippen molar-refractivity contribution in [2.45, 2.75) is 0 Å². The molecule has 0 aliphatic carbocycles. The minimum Gasteiger partial charge on any atom is -0.147 e. The van der Waals surface area contributed by atoms with Crippen LogP contribution in [0.15, 0.2) is 0 Å². The van der Waals surface area contributed by atoms with E-state index in [0.29, 0.717) is 0 Å². The molecule has 0 aliphatic rings. The Kier molecular flexibility index (Phi) is 779. The van der Waals surface area contributed by atoms with E-state index in [-0.39, 0.29) is 85.6 Å². The Labute approximate surface area is 84.9 Å². The van der Waals surface area contributed by atoms with Gasteiger partial charge in [-0.25, -0.2) is 0 Å². The second-order valence-corrected chi connectivity index (χ2v) is 0. The van der Waals surface area contributed by atoms with E-state index in [0.717, 1.165) is 0 Å². The van der Waals surface area contributed by atoms with Gasteiger partial charge in [0, 0.05) is 36.0 Å². The Morgan fingerprint density at radius 1 is 0.500 bits per heavy atom. The first kappa shape index (κ1) is 84.5. The fraction of sp³-hybridized carbons (Fsp3) is 0. The van der Waals surface area contributed by atoms with E-state index in [1.54, 1.807) is 0 Å². The van der Waals surface area contributed by atoms with Gasteiger partial charge in [0.15, 0.2) is 0 Å². The summed E-state index contributed by atoms with van der Waals surface area (Å²) < 4.78 is 0. The second-order valence-electron chi connectivity index (χ2n) is 0. The molecule has 50 valence electrons. The first-order chi connectivity index (χ1) is 0. The van der Waals surface area contributed by atoms with E-state index in [9.17, 15) is 0 Å². The molecule has 0 spiro atoms. The summed E-state index contributed by atoms with van der Waals surface area (Å²) >= 11 is 0. The predicted octanol–water partition coefficient (Wildman–Crippen LogP) is 1.68. The fourth-order valence-corrected chi connectivity index (χ4v) is 0. The van der Waals surface area contributed by atoms with Gasteiger partial charge >= 0.3 is 0 Å². The van der Waals surface area contributed by atoms with Gasteiger partial charge in [-0.3, -0.25) is 0 Å². The average molecular weight is 306 g/mol. The van der Waals surface area contributed by atoms with Crippen molar-refractivity contribution in [3.05, 3.63) is 0 Å². The molecule has 0 radical (unpaired) electrons. The maximum Gasteiger partial charge on any atom is 0 e. The van der Waals surface area contributed by atoms with Crippen molar-refractivity contribution in [1.82, 2.24) is 0 Å². The topological polar surface area (TPSA) is 0 Å². The Balaban J connectivity index is 0. The van der Waals surface area contributed by atoms with Crippen LogP contribution in [0, 0.1) is 0 Å². The maximum absolute atomic E-state index is 0. The van der Waals surface area contributed by atoms with E-state index < -0.39 is 0 Å². The van der Waals surface area contributed by atoms with Crippen LogP contribution in [0.4, 0.5) is 0 Å². The summed E-state index contributed by atoms with van der Waals surface area (Å²) in [7, 11) is 0. The second kappa shape index (κ2) is 55.3. The smallest absolute Gasteiger partial charge is 0 e. The Morgan fingerprint density at radius 2 is 0.500 bits per heavy atom. The molecule has 0 nitrogen and oxygen atoms in total. The van der Waals surface area contributed by atoms with Crippen molar-refractivity contribution in [3.63, 3.8) is 0 Å².